The Morgan fingerprint density at radius 1 is 0.781 bits per heavy atom. The van der Waals surface area contributed by atoms with Gasteiger partial charge in [-0.2, -0.15) is 31.1 Å². The Hall–Kier alpha value is -5.70. The molecule has 0 unspecified atom stereocenters. The first kappa shape index (κ1) is 52.6. The molecule has 340 valence electrons. The molecule has 0 amide bonds. The molecule has 3 aromatic heterocycles. The van der Waals surface area contributed by atoms with Crippen LogP contribution in [-0.2, 0) is 17.1 Å². The summed E-state index contributed by atoms with van der Waals surface area (Å²) in [5.74, 6) is 8.00. The van der Waals surface area contributed by atoms with E-state index in [2.05, 4.69) is 42.6 Å². The van der Waals surface area contributed by atoms with Gasteiger partial charge < -0.3 is 5.21 Å². The Balaban J connectivity index is 0.000000320. The summed E-state index contributed by atoms with van der Waals surface area (Å²) in [5.41, 5.74) is 1.38. The second kappa shape index (κ2) is 23.8. The molecule has 7 aromatic rings. The molecule has 0 atom stereocenters. The zero-order valence-electron chi connectivity index (χ0n) is 33.3. The van der Waals surface area contributed by atoms with E-state index in [4.69, 9.17) is 82.0 Å². The van der Waals surface area contributed by atoms with Crippen molar-refractivity contribution in [2.45, 2.75) is 36.8 Å². The van der Waals surface area contributed by atoms with Crippen LogP contribution in [0.15, 0.2) is 72.8 Å². The Bertz CT molecular complexity index is 2730. The number of nitrogens with two attached hydrogens (primary N) is 2. The number of benzene rings is 4. The Kier molecular flexibility index (Phi) is 19.6. The molecule has 32 heteroatoms. The summed E-state index contributed by atoms with van der Waals surface area (Å²) in [4.78, 5) is 43.0. The van der Waals surface area contributed by atoms with Crippen LogP contribution < -0.4 is 21.4 Å². The van der Waals surface area contributed by atoms with Crippen LogP contribution in [0.1, 0.15) is 22.3 Å². The van der Waals surface area contributed by atoms with Gasteiger partial charge in [0.15, 0.2) is 0 Å². The van der Waals surface area contributed by atoms with E-state index in [0.29, 0.717) is 39.0 Å². The molecule has 4 aromatic carbocycles. The molecule has 3 heterocycles. The minimum absolute atomic E-state index is 0.109. The van der Waals surface area contributed by atoms with Crippen LogP contribution >= 0.6 is 58.0 Å². The van der Waals surface area contributed by atoms with Gasteiger partial charge in [-0.25, -0.2) is 0 Å². The summed E-state index contributed by atoms with van der Waals surface area (Å²) < 4.78 is 79.2. The Morgan fingerprint density at radius 3 is 1.59 bits per heavy atom. The van der Waals surface area contributed by atoms with Crippen molar-refractivity contribution in [2.75, 3.05) is 0 Å². The molecule has 0 aliphatic carbocycles. The van der Waals surface area contributed by atoms with Gasteiger partial charge in [-0.15, -0.1) is 15.3 Å². The lowest BCUT2D eigenvalue weighted by Gasteiger charge is -2.07. The van der Waals surface area contributed by atoms with E-state index in [-0.39, 0.29) is 16.1 Å². The third kappa shape index (κ3) is 16.1. The van der Waals surface area contributed by atoms with Gasteiger partial charge in [0.25, 0.3) is 14.7 Å². The summed E-state index contributed by atoms with van der Waals surface area (Å²) in [5, 5.41) is 39.8. The number of fused-ring (bicyclic) bond motifs is 3. The lowest BCUT2D eigenvalue weighted by atomic mass is 9.59. The number of alkyl halides is 9. The number of aryl methyl sites for hydroxylation is 2. The molecule has 0 aliphatic heterocycles. The summed E-state index contributed by atoms with van der Waals surface area (Å²) in [6, 6.07) is 15.4. The van der Waals surface area contributed by atoms with E-state index in [1.807, 2.05) is 32.0 Å². The molecule has 0 aliphatic rings. The zero-order chi connectivity index (χ0) is 49.6. The summed E-state index contributed by atoms with van der Waals surface area (Å²) >= 11 is 24.8. The molecule has 0 fully saturated rings. The topological polar surface area (TPSA) is 260 Å². The minimum atomic E-state index is -4.60. The highest BCUT2D eigenvalue weighted by atomic mass is 35.6. The highest BCUT2D eigenvalue weighted by Crippen LogP contribution is 2.35. The van der Waals surface area contributed by atoms with Crippen molar-refractivity contribution in [3.63, 3.8) is 0 Å². The predicted molar refractivity (Wildman–Crippen MR) is 224 cm³/mol. The van der Waals surface area contributed by atoms with Crippen LogP contribution in [0.2, 0.25) is 11.8 Å². The van der Waals surface area contributed by atoms with Crippen molar-refractivity contribution in [2.24, 2.45) is 11.7 Å². The van der Waals surface area contributed by atoms with Gasteiger partial charge in [0.05, 0.1) is 23.2 Å². The van der Waals surface area contributed by atoms with Crippen molar-refractivity contribution >= 4 is 123 Å². The number of hydrazine groups is 1. The number of nitro benzene ring substituents is 1. The van der Waals surface area contributed by atoms with Crippen molar-refractivity contribution in [3.8, 4) is 0 Å². The fraction of sp³-hybridized carbons (Fsp3) is 0.188. The highest BCUT2D eigenvalue weighted by molar-refractivity contribution is 6.88. The monoisotopic (exact) mass is 1000 g/mol. The van der Waals surface area contributed by atoms with E-state index >= 15 is 0 Å². The van der Waals surface area contributed by atoms with E-state index in [1.165, 1.54) is 0 Å². The second-order valence-electron chi connectivity index (χ2n) is 11.5. The average Bonchev–Trinajstić information content (AvgIpc) is 3.91. The van der Waals surface area contributed by atoms with Crippen LogP contribution in [0.25, 0.3) is 33.1 Å². The number of hydrogen-bond acceptors (Lipinski definition) is 15. The van der Waals surface area contributed by atoms with Crippen LogP contribution in [0.4, 0.5) is 36.8 Å². The maximum atomic E-state index is 12.8. The molecule has 0 saturated carbocycles. The first-order valence-electron chi connectivity index (χ1n) is 17.1. The molecule has 7 rings (SSSR count). The van der Waals surface area contributed by atoms with E-state index < -0.39 is 56.4 Å². The lowest BCUT2D eigenvalue weighted by Crippen LogP contribution is -2.30. The van der Waals surface area contributed by atoms with Crippen LogP contribution in [-0.4, -0.2) is 87.0 Å². The minimum Gasteiger partial charge on any atom is -0.410 e. The molecule has 0 bridgehead atoms. The smallest absolute Gasteiger partial charge is 0.410 e. The Labute approximate surface area is 382 Å². The van der Waals surface area contributed by atoms with E-state index in [0.717, 1.165) is 45.1 Å². The van der Waals surface area contributed by atoms with Gasteiger partial charge in [0.2, 0.25) is 0 Å². The maximum Gasteiger partial charge on any atom is 0.562 e. The van der Waals surface area contributed by atoms with Crippen molar-refractivity contribution < 1.29 is 55.7 Å². The van der Waals surface area contributed by atoms with Gasteiger partial charge in [0, 0.05) is 13.8 Å². The number of nitro groups is 1. The molecular formula is C32H27B2Cl5F6N12O7. The number of carbonyl (C=O) groups is 2. The first-order valence-corrected chi connectivity index (χ1v) is 18.4. The third-order valence-electron chi connectivity index (χ3n) is 6.91. The van der Waals surface area contributed by atoms with Crippen molar-refractivity contribution in [1.82, 2.24) is 45.5 Å². The summed E-state index contributed by atoms with van der Waals surface area (Å²) in [7, 11) is 4.36. The van der Waals surface area contributed by atoms with Gasteiger partial charge in [0.1, 0.15) is 38.1 Å². The van der Waals surface area contributed by atoms with Crippen molar-refractivity contribution in [3.05, 3.63) is 110 Å². The largest absolute Gasteiger partial charge is 0.562 e. The maximum absolute atomic E-state index is 12.8. The molecule has 5 N–H and O–H groups in total. The number of halogens is 11. The van der Waals surface area contributed by atoms with Gasteiger partial charge >= 0.3 is 18.5 Å². The molecule has 0 spiro atoms. The number of rotatable bonds is 3. The number of aromatic nitrogens is 9. The standard InChI is InChI=1S/C15H9F3N6O3.C7H3ClF3NO2.C7H7N3O.C2Cl4O.CH4B2.H4N2/c1-8-2-4-10-12(6-8)23(21-19-10)26-14(25)27-24-13-7-9(15(16,17)18)3-5-11(13)20-22-24;8-5-2-1-4(7(9,10)11)3-6(5)12(13)14;1-5-2-3-6-7(4-5)10(11)9-8-6;3-1(7)2(4,5)6;1-3-2;1-2/h2-7H,1H3;1-3H;2-4,11H,1H3;;3H,1H3;1-2H2/i;;;;3T;. The predicted octanol–water partition coefficient (Wildman–Crippen LogP) is 6.92. The second-order valence-corrected chi connectivity index (χ2v) is 14.6. The molecule has 19 nitrogen and oxygen atoms in total. The Morgan fingerprint density at radius 2 is 1.16 bits per heavy atom. The van der Waals surface area contributed by atoms with Gasteiger partial charge in [-0.05, 0) is 108 Å². The molecule has 2 radical (unpaired) electrons. The number of hydrogen-bond donors (Lipinski definition) is 3. The van der Waals surface area contributed by atoms with Crippen LogP contribution in [0.5, 0.6) is 0 Å². The van der Waals surface area contributed by atoms with Crippen LogP contribution in [0, 0.1) is 24.0 Å². The molecule has 64 heavy (non-hydrogen) atoms. The number of nitrogens with zero attached hydrogens (tertiary/aromatic N) is 10. The lowest BCUT2D eigenvalue weighted by molar-refractivity contribution is -0.385. The zero-order valence-corrected chi connectivity index (χ0v) is 36.0. The summed E-state index contributed by atoms with van der Waals surface area (Å²) in [6.07, 6.45) is -10.5. The average molecular weight is 1010 g/mol. The van der Waals surface area contributed by atoms with E-state index in [9.17, 15) is 46.0 Å². The normalized spacial score (nSPS) is 11.1. The summed E-state index contributed by atoms with van der Waals surface area (Å²) in [6.45, 7) is 5.39. The van der Waals surface area contributed by atoms with Gasteiger partial charge in [-0.3, -0.25) is 36.3 Å². The first-order chi connectivity index (χ1) is 30.1. The molecule has 0 saturated heterocycles. The highest BCUT2D eigenvalue weighted by Gasteiger charge is 2.33. The quantitative estimate of drug-likeness (QED) is 0.0187. The number of carbonyl (C=O) groups excluding carboxylic acids is 2. The third-order valence-corrected chi connectivity index (χ3v) is 8.32. The SMILES string of the molecule is Cc1ccc2nnn(O)c2c1.Cc1ccc2nnn(OC(=O)On3nnc4ccc(C(F)(F)F)cc43)c2c1.NN.O=C(Cl)C(Cl)(Cl)Cl.O=[N+]([O-])c1cc(C(F)(F)F)ccc1Cl.[3H]B([B])C. The van der Waals surface area contributed by atoms with Gasteiger partial charge in [-0.1, -0.05) is 79.9 Å². The van der Waals surface area contributed by atoms with Crippen LogP contribution in [0.3, 0.4) is 0 Å². The van der Waals surface area contributed by atoms with E-state index in [1.54, 1.807) is 25.0 Å². The fourth-order valence-corrected chi connectivity index (χ4v) is 4.41. The fourth-order valence-electron chi connectivity index (χ4n) is 4.22. The van der Waals surface area contributed by atoms with Crippen molar-refractivity contribution in [1.29, 1.82) is 1.34 Å². The molecular weight excluding hydrogens is 977 g/mol.